The maximum Gasteiger partial charge on any atom is 0.407 e. The van der Waals surface area contributed by atoms with E-state index in [1.807, 2.05) is 39.0 Å². The number of aromatic nitrogens is 1. The van der Waals surface area contributed by atoms with Gasteiger partial charge in [0.1, 0.15) is 11.1 Å². The van der Waals surface area contributed by atoms with Crippen LogP contribution in [-0.4, -0.2) is 53.2 Å². The third kappa shape index (κ3) is 6.45. The van der Waals surface area contributed by atoms with E-state index in [4.69, 9.17) is 9.15 Å². The summed E-state index contributed by atoms with van der Waals surface area (Å²) in [4.78, 5) is 31.2. The topological polar surface area (TPSA) is 96.7 Å². The number of benzene rings is 1. The van der Waals surface area contributed by atoms with Crippen molar-refractivity contribution in [1.82, 2.24) is 15.2 Å². The molecular formula is C24H34N4O4. The maximum absolute atomic E-state index is 12.4. The number of alkyl carbamates (subject to hydrolysis) is 1. The van der Waals surface area contributed by atoms with Crippen molar-refractivity contribution in [3.05, 3.63) is 24.1 Å². The van der Waals surface area contributed by atoms with Gasteiger partial charge < -0.3 is 24.7 Å². The number of rotatable bonds is 7. The number of likely N-dealkylation sites (tertiary alicyclic amines) is 1. The Morgan fingerprint density at radius 3 is 2.62 bits per heavy atom. The van der Waals surface area contributed by atoms with Crippen LogP contribution in [0.5, 0.6) is 0 Å². The number of nitrogens with zero attached hydrogens (tertiary/aromatic N) is 2. The fourth-order valence-corrected chi connectivity index (χ4v) is 3.99. The Balaban J connectivity index is 1.14. The minimum Gasteiger partial charge on any atom is -0.444 e. The Morgan fingerprint density at radius 1 is 1.19 bits per heavy atom. The molecule has 2 aromatic rings. The number of carbonyl (C=O) groups excluding carboxylic acids is 2. The third-order valence-corrected chi connectivity index (χ3v) is 5.80. The van der Waals surface area contributed by atoms with E-state index in [0.717, 1.165) is 74.4 Å². The van der Waals surface area contributed by atoms with Crippen molar-refractivity contribution in [2.24, 2.45) is 0 Å². The molecule has 32 heavy (non-hydrogen) atoms. The fourth-order valence-electron chi connectivity index (χ4n) is 3.99. The summed E-state index contributed by atoms with van der Waals surface area (Å²) < 4.78 is 11.1. The van der Waals surface area contributed by atoms with Crippen LogP contribution in [0.15, 0.2) is 22.6 Å². The molecule has 0 radical (unpaired) electrons. The molecule has 0 atom stereocenters. The molecule has 1 saturated heterocycles. The van der Waals surface area contributed by atoms with E-state index in [9.17, 15) is 9.59 Å². The van der Waals surface area contributed by atoms with Gasteiger partial charge in [0.25, 0.3) is 0 Å². The molecule has 0 unspecified atom stereocenters. The van der Waals surface area contributed by atoms with Crippen LogP contribution in [0.25, 0.3) is 11.1 Å². The van der Waals surface area contributed by atoms with E-state index >= 15 is 0 Å². The van der Waals surface area contributed by atoms with E-state index < -0.39 is 5.60 Å². The second-order valence-corrected chi connectivity index (χ2v) is 9.92. The highest BCUT2D eigenvalue weighted by atomic mass is 16.6. The molecule has 1 aliphatic heterocycles. The van der Waals surface area contributed by atoms with E-state index in [0.29, 0.717) is 12.3 Å². The molecular weight excluding hydrogens is 408 g/mol. The highest BCUT2D eigenvalue weighted by molar-refractivity contribution is 5.92. The molecule has 8 heteroatoms. The number of fused-ring (bicyclic) bond motifs is 1. The van der Waals surface area contributed by atoms with Gasteiger partial charge in [0.05, 0.1) is 0 Å². The first kappa shape index (κ1) is 22.6. The lowest BCUT2D eigenvalue weighted by Crippen LogP contribution is -2.46. The summed E-state index contributed by atoms with van der Waals surface area (Å²) in [6, 6.07) is 5.77. The van der Waals surface area contributed by atoms with Crippen LogP contribution >= 0.6 is 0 Å². The second kappa shape index (κ2) is 9.48. The highest BCUT2D eigenvalue weighted by Crippen LogP contribution is 2.40. The van der Waals surface area contributed by atoms with Gasteiger partial charge >= 0.3 is 6.09 Å². The molecule has 2 amide bonds. The van der Waals surface area contributed by atoms with Crippen LogP contribution in [0, 0.1) is 0 Å². The minimum absolute atomic E-state index is 0.0109. The molecule has 0 bridgehead atoms. The van der Waals surface area contributed by atoms with Crippen molar-refractivity contribution in [2.45, 2.75) is 76.9 Å². The van der Waals surface area contributed by atoms with Gasteiger partial charge in [-0.3, -0.25) is 4.79 Å². The van der Waals surface area contributed by atoms with Gasteiger partial charge in [0.2, 0.25) is 5.91 Å². The van der Waals surface area contributed by atoms with Crippen LogP contribution in [0.2, 0.25) is 0 Å². The molecule has 4 rings (SSSR count). The molecule has 1 saturated carbocycles. The smallest absolute Gasteiger partial charge is 0.407 e. The van der Waals surface area contributed by atoms with E-state index in [1.165, 1.54) is 0 Å². The Bertz CT molecular complexity index is 953. The third-order valence-electron chi connectivity index (χ3n) is 5.80. The maximum atomic E-state index is 12.4. The van der Waals surface area contributed by atoms with Crippen molar-refractivity contribution >= 4 is 28.8 Å². The van der Waals surface area contributed by atoms with Crippen LogP contribution in [0.1, 0.15) is 71.1 Å². The first-order valence-electron chi connectivity index (χ1n) is 11.7. The Morgan fingerprint density at radius 2 is 1.94 bits per heavy atom. The fraction of sp³-hybridized carbons (Fsp3) is 0.625. The molecule has 1 aromatic carbocycles. The molecule has 2 heterocycles. The average Bonchev–Trinajstić information content (AvgIpc) is 3.47. The van der Waals surface area contributed by atoms with Gasteiger partial charge in [0.15, 0.2) is 11.5 Å². The van der Waals surface area contributed by atoms with Crippen molar-refractivity contribution in [3.63, 3.8) is 0 Å². The molecule has 2 aliphatic rings. The van der Waals surface area contributed by atoms with Gasteiger partial charge in [-0.2, -0.15) is 0 Å². The number of hydrogen-bond donors (Lipinski definition) is 2. The van der Waals surface area contributed by atoms with Gasteiger partial charge in [-0.15, -0.1) is 0 Å². The SMILES string of the molecule is CC(C)(C)OC(=O)NC1CCN(CCCC(=O)Nc2ccc3oc(C4CC4)nc3c2)CC1. The number of amides is 2. The molecule has 174 valence electrons. The summed E-state index contributed by atoms with van der Waals surface area (Å²) in [5, 5.41) is 5.93. The van der Waals surface area contributed by atoms with Crippen LogP contribution in [0.3, 0.4) is 0 Å². The van der Waals surface area contributed by atoms with Crippen molar-refractivity contribution < 1.29 is 18.7 Å². The number of piperidine rings is 1. The zero-order chi connectivity index (χ0) is 22.7. The Hall–Kier alpha value is -2.61. The number of nitrogens with one attached hydrogen (secondary N) is 2. The average molecular weight is 443 g/mol. The van der Waals surface area contributed by atoms with Gasteiger partial charge in [-0.1, -0.05) is 0 Å². The molecule has 1 aliphatic carbocycles. The second-order valence-electron chi connectivity index (χ2n) is 9.92. The number of ether oxygens (including phenoxy) is 1. The van der Waals surface area contributed by atoms with Crippen LogP contribution in [-0.2, 0) is 9.53 Å². The van der Waals surface area contributed by atoms with Crippen molar-refractivity contribution in [2.75, 3.05) is 25.0 Å². The number of oxazole rings is 1. The van der Waals surface area contributed by atoms with Crippen molar-refractivity contribution in [3.8, 4) is 0 Å². The lowest BCUT2D eigenvalue weighted by Gasteiger charge is -2.32. The Kier molecular flexibility index (Phi) is 6.69. The molecule has 1 aromatic heterocycles. The predicted octanol–water partition coefficient (Wildman–Crippen LogP) is 4.41. The molecule has 2 N–H and O–H groups in total. The minimum atomic E-state index is -0.480. The molecule has 0 spiro atoms. The first-order valence-corrected chi connectivity index (χ1v) is 11.7. The standard InChI is InChI=1S/C24H34N4O4/c1-24(2,3)32-23(30)26-17-10-13-28(14-11-17)12-4-5-21(29)25-18-8-9-20-19(15-18)27-22(31-20)16-6-7-16/h8-9,15-17H,4-7,10-14H2,1-3H3,(H,25,29)(H,26,30). The molecule has 8 nitrogen and oxygen atoms in total. The first-order chi connectivity index (χ1) is 15.2. The summed E-state index contributed by atoms with van der Waals surface area (Å²) in [6.45, 7) is 8.29. The molecule has 2 fully saturated rings. The van der Waals surface area contributed by atoms with Gasteiger partial charge in [-0.25, -0.2) is 9.78 Å². The quantitative estimate of drug-likeness (QED) is 0.659. The summed E-state index contributed by atoms with van der Waals surface area (Å²) in [5.74, 6) is 1.30. The van der Waals surface area contributed by atoms with E-state index in [1.54, 1.807) is 0 Å². The normalized spacial score (nSPS) is 18.0. The lowest BCUT2D eigenvalue weighted by atomic mass is 10.0. The van der Waals surface area contributed by atoms with E-state index in [2.05, 4.69) is 20.5 Å². The largest absolute Gasteiger partial charge is 0.444 e. The number of hydrogen-bond acceptors (Lipinski definition) is 6. The van der Waals surface area contributed by atoms with Crippen LogP contribution < -0.4 is 10.6 Å². The monoisotopic (exact) mass is 442 g/mol. The predicted molar refractivity (Wildman–Crippen MR) is 123 cm³/mol. The van der Waals surface area contributed by atoms with Crippen molar-refractivity contribution in [1.29, 1.82) is 0 Å². The summed E-state index contributed by atoms with van der Waals surface area (Å²) in [5.41, 5.74) is 1.85. The summed E-state index contributed by atoms with van der Waals surface area (Å²) in [7, 11) is 0. The summed E-state index contributed by atoms with van der Waals surface area (Å²) >= 11 is 0. The number of anilines is 1. The number of carbonyl (C=O) groups is 2. The lowest BCUT2D eigenvalue weighted by molar-refractivity contribution is -0.116. The highest BCUT2D eigenvalue weighted by Gasteiger charge is 2.29. The zero-order valence-electron chi connectivity index (χ0n) is 19.3. The zero-order valence-corrected chi connectivity index (χ0v) is 19.3. The summed E-state index contributed by atoms with van der Waals surface area (Å²) in [6.07, 6.45) is 5.01. The van der Waals surface area contributed by atoms with E-state index in [-0.39, 0.29) is 18.0 Å². The Labute approximate surface area is 189 Å². The van der Waals surface area contributed by atoms with Gasteiger partial charge in [-0.05, 0) is 77.6 Å². The van der Waals surface area contributed by atoms with Crippen LogP contribution in [0.4, 0.5) is 10.5 Å². The van der Waals surface area contributed by atoms with Gasteiger partial charge in [0, 0.05) is 37.2 Å².